The Labute approximate surface area is 107 Å². The highest BCUT2D eigenvalue weighted by Crippen LogP contribution is 2.24. The third-order valence-electron chi connectivity index (χ3n) is 2.06. The van der Waals surface area contributed by atoms with Gasteiger partial charge in [-0.3, -0.25) is 0 Å². The Morgan fingerprint density at radius 3 is 2.53 bits per heavy atom. The molecule has 1 aromatic heterocycles. The number of furan rings is 1. The van der Waals surface area contributed by atoms with Gasteiger partial charge in [0.1, 0.15) is 17.5 Å². The monoisotopic (exact) mass is 267 g/mol. The molecule has 5 heteroatoms. The average molecular weight is 268 g/mol. The molecule has 0 saturated heterocycles. The predicted octanol–water partition coefficient (Wildman–Crippen LogP) is 2.59. The van der Waals surface area contributed by atoms with Gasteiger partial charge in [-0.05, 0) is 36.4 Å². The van der Waals surface area contributed by atoms with E-state index in [1.165, 1.54) is 6.07 Å². The molecule has 0 amide bonds. The molecule has 0 aliphatic rings. The minimum absolute atomic E-state index is 0.142. The van der Waals surface area contributed by atoms with Crippen LogP contribution < -0.4 is 5.11 Å². The van der Waals surface area contributed by atoms with Crippen LogP contribution in [0.5, 0.6) is 0 Å². The molecule has 0 fully saturated rings. The first kappa shape index (κ1) is 12.1. The zero-order chi connectivity index (χ0) is 12.3. The van der Waals surface area contributed by atoms with Gasteiger partial charge in [0.2, 0.25) is 0 Å². The highest BCUT2D eigenvalue weighted by Gasteiger charge is 2.03. The fraction of sp³-hybridized carbons (Fsp3) is 0.0833. The number of thioether (sulfide) groups is 1. The summed E-state index contributed by atoms with van der Waals surface area (Å²) in [5, 5.41) is 11.2. The van der Waals surface area contributed by atoms with Gasteiger partial charge in [0.25, 0.3) is 0 Å². The molecule has 0 aliphatic carbocycles. The van der Waals surface area contributed by atoms with Crippen LogP contribution in [0.3, 0.4) is 0 Å². The fourth-order valence-electron chi connectivity index (χ4n) is 1.25. The summed E-state index contributed by atoms with van der Waals surface area (Å²) < 4.78 is 5.08. The van der Waals surface area contributed by atoms with Crippen LogP contribution in [0.2, 0.25) is 5.02 Å². The molecule has 1 aromatic carbocycles. The average Bonchev–Trinajstić information content (AvgIpc) is 2.77. The van der Waals surface area contributed by atoms with Crippen molar-refractivity contribution in [2.75, 3.05) is 0 Å². The van der Waals surface area contributed by atoms with E-state index in [-0.39, 0.29) is 5.76 Å². The second-order valence-electron chi connectivity index (χ2n) is 3.30. The number of halogens is 1. The normalized spacial score (nSPS) is 10.4. The number of aromatic carboxylic acids is 1. The molecular weight excluding hydrogens is 260 g/mol. The lowest BCUT2D eigenvalue weighted by molar-refractivity contribution is -0.257. The third kappa shape index (κ3) is 3.28. The molecular formula is C12H8ClO3S-. The largest absolute Gasteiger partial charge is 0.542 e. The zero-order valence-electron chi connectivity index (χ0n) is 8.68. The van der Waals surface area contributed by atoms with Crippen LogP contribution in [-0.4, -0.2) is 5.97 Å². The lowest BCUT2D eigenvalue weighted by Gasteiger charge is -2.00. The van der Waals surface area contributed by atoms with E-state index >= 15 is 0 Å². The summed E-state index contributed by atoms with van der Waals surface area (Å²) in [5.41, 5.74) is 0. The smallest absolute Gasteiger partial charge is 0.149 e. The molecule has 0 saturated carbocycles. The maximum Gasteiger partial charge on any atom is 0.149 e. The van der Waals surface area contributed by atoms with Crippen LogP contribution in [0.4, 0.5) is 0 Å². The van der Waals surface area contributed by atoms with Crippen molar-refractivity contribution in [1.82, 2.24) is 0 Å². The van der Waals surface area contributed by atoms with Gasteiger partial charge in [0.15, 0.2) is 0 Å². The SMILES string of the molecule is O=C([O-])c1ccc(CSc2ccc(Cl)cc2)o1. The summed E-state index contributed by atoms with van der Waals surface area (Å²) >= 11 is 7.31. The molecule has 2 aromatic rings. The summed E-state index contributed by atoms with van der Waals surface area (Å²) in [6.45, 7) is 0. The molecule has 0 aliphatic heterocycles. The number of benzene rings is 1. The topological polar surface area (TPSA) is 53.3 Å². The summed E-state index contributed by atoms with van der Waals surface area (Å²) in [6, 6.07) is 10.4. The molecule has 0 radical (unpaired) electrons. The standard InChI is InChI=1S/C12H9ClO3S/c13-8-1-4-10(5-2-8)17-7-9-3-6-11(16-9)12(14)15/h1-6H,7H2,(H,14,15)/p-1. The van der Waals surface area contributed by atoms with E-state index in [9.17, 15) is 9.90 Å². The quantitative estimate of drug-likeness (QED) is 0.799. The molecule has 3 nitrogen and oxygen atoms in total. The number of rotatable bonds is 4. The minimum atomic E-state index is -1.30. The van der Waals surface area contributed by atoms with E-state index < -0.39 is 5.97 Å². The molecule has 0 unspecified atom stereocenters. The van der Waals surface area contributed by atoms with Crippen molar-refractivity contribution in [2.45, 2.75) is 10.6 Å². The molecule has 0 spiro atoms. The van der Waals surface area contributed by atoms with Crippen molar-refractivity contribution in [2.24, 2.45) is 0 Å². The lowest BCUT2D eigenvalue weighted by Crippen LogP contribution is -2.21. The molecule has 88 valence electrons. The summed E-state index contributed by atoms with van der Waals surface area (Å²) in [5.74, 6) is -0.275. The van der Waals surface area contributed by atoms with E-state index in [1.54, 1.807) is 30.0 Å². The first-order chi connectivity index (χ1) is 8.15. The fourth-order valence-corrected chi connectivity index (χ4v) is 2.17. The van der Waals surface area contributed by atoms with Gasteiger partial charge < -0.3 is 14.3 Å². The Kier molecular flexibility index (Phi) is 3.76. The lowest BCUT2D eigenvalue weighted by atomic mass is 10.4. The van der Waals surface area contributed by atoms with Crippen molar-refractivity contribution in [3.63, 3.8) is 0 Å². The zero-order valence-corrected chi connectivity index (χ0v) is 10.3. The van der Waals surface area contributed by atoms with E-state index in [2.05, 4.69) is 0 Å². The Hall–Kier alpha value is -1.39. The highest BCUT2D eigenvalue weighted by atomic mass is 35.5. The number of carboxylic acids is 1. The van der Waals surface area contributed by atoms with Crippen LogP contribution in [0, 0.1) is 0 Å². The van der Waals surface area contributed by atoms with Gasteiger partial charge in [-0.25, -0.2) is 0 Å². The van der Waals surface area contributed by atoms with Crippen LogP contribution >= 0.6 is 23.4 Å². The number of carboxylic acid groups (broad SMARTS) is 1. The van der Waals surface area contributed by atoms with Crippen molar-refractivity contribution in [1.29, 1.82) is 0 Å². The molecule has 17 heavy (non-hydrogen) atoms. The number of carbonyl (C=O) groups excluding carboxylic acids is 1. The van der Waals surface area contributed by atoms with Crippen molar-refractivity contribution in [3.05, 3.63) is 52.9 Å². The van der Waals surface area contributed by atoms with E-state index in [4.69, 9.17) is 16.0 Å². The number of carbonyl (C=O) groups is 1. The van der Waals surface area contributed by atoms with Gasteiger partial charge in [-0.1, -0.05) is 11.6 Å². The minimum Gasteiger partial charge on any atom is -0.542 e. The molecule has 2 rings (SSSR count). The van der Waals surface area contributed by atoms with Crippen molar-refractivity contribution >= 4 is 29.3 Å². The predicted molar refractivity (Wildman–Crippen MR) is 64.1 cm³/mol. The Balaban J connectivity index is 1.97. The number of hydrogen-bond donors (Lipinski definition) is 0. The number of hydrogen-bond acceptors (Lipinski definition) is 4. The van der Waals surface area contributed by atoms with Crippen LogP contribution in [0.1, 0.15) is 16.3 Å². The van der Waals surface area contributed by atoms with Crippen molar-refractivity contribution in [3.8, 4) is 0 Å². The Morgan fingerprint density at radius 1 is 1.24 bits per heavy atom. The maximum absolute atomic E-state index is 10.5. The second-order valence-corrected chi connectivity index (χ2v) is 4.78. The Bertz CT molecular complexity index is 519. The molecule has 0 atom stereocenters. The maximum atomic E-state index is 10.5. The van der Waals surface area contributed by atoms with Gasteiger partial charge in [0.05, 0.1) is 5.75 Å². The molecule has 1 heterocycles. The van der Waals surface area contributed by atoms with E-state index in [0.717, 1.165) is 4.90 Å². The molecule has 0 bridgehead atoms. The van der Waals surface area contributed by atoms with Crippen molar-refractivity contribution < 1.29 is 14.3 Å². The van der Waals surface area contributed by atoms with E-state index in [1.807, 2.05) is 12.1 Å². The van der Waals surface area contributed by atoms with E-state index in [0.29, 0.717) is 16.5 Å². The third-order valence-corrected chi connectivity index (χ3v) is 3.34. The van der Waals surface area contributed by atoms with Crippen LogP contribution in [0.15, 0.2) is 45.7 Å². The molecule has 0 N–H and O–H groups in total. The highest BCUT2D eigenvalue weighted by molar-refractivity contribution is 7.98. The van der Waals surface area contributed by atoms with Gasteiger partial charge in [-0.15, -0.1) is 11.8 Å². The summed E-state index contributed by atoms with van der Waals surface area (Å²) in [4.78, 5) is 11.5. The van der Waals surface area contributed by atoms with Gasteiger partial charge >= 0.3 is 0 Å². The van der Waals surface area contributed by atoms with Crippen LogP contribution in [0.25, 0.3) is 0 Å². The first-order valence-electron chi connectivity index (χ1n) is 4.83. The van der Waals surface area contributed by atoms with Gasteiger partial charge in [0, 0.05) is 9.92 Å². The second kappa shape index (κ2) is 5.29. The first-order valence-corrected chi connectivity index (χ1v) is 6.20. The van der Waals surface area contributed by atoms with Gasteiger partial charge in [-0.2, -0.15) is 0 Å². The Morgan fingerprint density at radius 2 is 1.94 bits per heavy atom. The van der Waals surface area contributed by atoms with Crippen LogP contribution in [-0.2, 0) is 5.75 Å². The summed E-state index contributed by atoms with van der Waals surface area (Å²) in [6.07, 6.45) is 0. The summed E-state index contributed by atoms with van der Waals surface area (Å²) in [7, 11) is 0.